The smallest absolute Gasteiger partial charge is 0.228 e. The van der Waals surface area contributed by atoms with E-state index in [1.165, 1.54) is 6.42 Å². The van der Waals surface area contributed by atoms with Gasteiger partial charge in [-0.2, -0.15) is 0 Å². The molecule has 4 heteroatoms. The molecule has 0 spiro atoms. The molecule has 0 aromatic carbocycles. The van der Waals surface area contributed by atoms with E-state index in [-0.39, 0.29) is 17.7 Å². The van der Waals surface area contributed by atoms with Gasteiger partial charge in [-0.3, -0.25) is 9.59 Å². The quantitative estimate of drug-likeness (QED) is 0.720. The summed E-state index contributed by atoms with van der Waals surface area (Å²) in [4.78, 5) is 25.4. The number of amides is 2. The third-order valence-electron chi connectivity index (χ3n) is 3.77. The van der Waals surface area contributed by atoms with Crippen molar-refractivity contribution < 1.29 is 9.59 Å². The van der Waals surface area contributed by atoms with E-state index >= 15 is 0 Å². The standard InChI is InChI=1S/C12H20N2O2/c1-8-4-3-5-9(2)14(8)12(16)10-6-11(15)13-7-10/h8-10H,3-7H2,1-2H3,(H,13,15). The van der Waals surface area contributed by atoms with Crippen LogP contribution in [-0.4, -0.2) is 35.3 Å². The monoisotopic (exact) mass is 224 g/mol. The molecular weight excluding hydrogens is 204 g/mol. The normalized spacial score (nSPS) is 35.0. The van der Waals surface area contributed by atoms with Gasteiger partial charge < -0.3 is 10.2 Å². The number of nitrogens with zero attached hydrogens (tertiary/aromatic N) is 1. The Morgan fingerprint density at radius 3 is 2.44 bits per heavy atom. The van der Waals surface area contributed by atoms with Crippen molar-refractivity contribution in [2.75, 3.05) is 6.54 Å². The molecule has 90 valence electrons. The van der Waals surface area contributed by atoms with Gasteiger partial charge >= 0.3 is 0 Å². The maximum absolute atomic E-state index is 12.3. The first-order chi connectivity index (χ1) is 7.59. The van der Waals surface area contributed by atoms with Gasteiger partial charge in [0.25, 0.3) is 0 Å². The Labute approximate surface area is 96.4 Å². The van der Waals surface area contributed by atoms with Gasteiger partial charge in [0.2, 0.25) is 11.8 Å². The third kappa shape index (κ3) is 2.06. The number of hydrogen-bond acceptors (Lipinski definition) is 2. The molecule has 2 rings (SSSR count). The molecule has 2 amide bonds. The van der Waals surface area contributed by atoms with Gasteiger partial charge in [-0.1, -0.05) is 0 Å². The van der Waals surface area contributed by atoms with Crippen LogP contribution in [0.3, 0.4) is 0 Å². The zero-order valence-corrected chi connectivity index (χ0v) is 10.0. The number of hydrogen-bond donors (Lipinski definition) is 1. The molecule has 2 heterocycles. The Morgan fingerprint density at radius 1 is 1.31 bits per heavy atom. The van der Waals surface area contributed by atoms with Crippen LogP contribution in [0.2, 0.25) is 0 Å². The molecule has 0 bridgehead atoms. The summed E-state index contributed by atoms with van der Waals surface area (Å²) in [6.07, 6.45) is 3.75. The zero-order valence-electron chi connectivity index (χ0n) is 10.0. The summed E-state index contributed by atoms with van der Waals surface area (Å²) >= 11 is 0. The molecule has 16 heavy (non-hydrogen) atoms. The molecule has 0 saturated carbocycles. The molecule has 2 fully saturated rings. The van der Waals surface area contributed by atoms with Crippen LogP contribution in [0, 0.1) is 5.92 Å². The molecule has 0 aromatic rings. The summed E-state index contributed by atoms with van der Waals surface area (Å²) in [5.74, 6) is 0.0456. The highest BCUT2D eigenvalue weighted by atomic mass is 16.2. The van der Waals surface area contributed by atoms with E-state index in [1.54, 1.807) is 0 Å². The summed E-state index contributed by atoms with van der Waals surface area (Å²) in [6.45, 7) is 4.74. The van der Waals surface area contributed by atoms with Gasteiger partial charge in [0.05, 0.1) is 5.92 Å². The van der Waals surface area contributed by atoms with E-state index in [0.29, 0.717) is 25.0 Å². The molecule has 0 aromatic heterocycles. The highest BCUT2D eigenvalue weighted by Gasteiger charge is 2.36. The van der Waals surface area contributed by atoms with Crippen molar-refractivity contribution in [3.8, 4) is 0 Å². The average molecular weight is 224 g/mol. The first kappa shape index (κ1) is 11.4. The first-order valence-corrected chi connectivity index (χ1v) is 6.18. The molecule has 2 aliphatic rings. The van der Waals surface area contributed by atoms with Gasteiger partial charge in [0.1, 0.15) is 0 Å². The van der Waals surface area contributed by atoms with Gasteiger partial charge in [-0.05, 0) is 33.1 Å². The van der Waals surface area contributed by atoms with E-state index in [9.17, 15) is 9.59 Å². The fourth-order valence-electron chi connectivity index (χ4n) is 2.85. The maximum Gasteiger partial charge on any atom is 0.228 e. The largest absolute Gasteiger partial charge is 0.355 e. The number of nitrogens with one attached hydrogen (secondary N) is 1. The minimum atomic E-state index is -0.129. The summed E-state index contributed by atoms with van der Waals surface area (Å²) in [6, 6.07) is 0.652. The molecule has 2 aliphatic heterocycles. The SMILES string of the molecule is CC1CCCC(C)N1C(=O)C1CNC(=O)C1. The molecule has 0 radical (unpaired) electrons. The Morgan fingerprint density at radius 2 is 1.94 bits per heavy atom. The van der Waals surface area contributed by atoms with E-state index in [4.69, 9.17) is 0 Å². The van der Waals surface area contributed by atoms with Crippen molar-refractivity contribution in [1.82, 2.24) is 10.2 Å². The lowest BCUT2D eigenvalue weighted by Crippen LogP contribution is -2.50. The van der Waals surface area contributed by atoms with Crippen LogP contribution in [0.1, 0.15) is 39.5 Å². The van der Waals surface area contributed by atoms with Crippen molar-refractivity contribution >= 4 is 11.8 Å². The second-order valence-corrected chi connectivity index (χ2v) is 5.08. The molecule has 3 atom stereocenters. The fourth-order valence-corrected chi connectivity index (χ4v) is 2.85. The van der Waals surface area contributed by atoms with Crippen molar-refractivity contribution in [2.45, 2.75) is 51.6 Å². The molecular formula is C12H20N2O2. The van der Waals surface area contributed by atoms with Crippen LogP contribution < -0.4 is 5.32 Å². The van der Waals surface area contributed by atoms with E-state index in [1.807, 2.05) is 4.90 Å². The summed E-state index contributed by atoms with van der Waals surface area (Å²) in [5, 5.41) is 2.73. The fraction of sp³-hybridized carbons (Fsp3) is 0.833. The highest BCUT2D eigenvalue weighted by molar-refractivity contribution is 5.89. The summed E-state index contributed by atoms with van der Waals surface area (Å²) < 4.78 is 0. The predicted octanol–water partition coefficient (Wildman–Crippen LogP) is 0.912. The minimum absolute atomic E-state index is 0.00988. The summed E-state index contributed by atoms with van der Waals surface area (Å²) in [7, 11) is 0. The lowest BCUT2D eigenvalue weighted by molar-refractivity contribution is -0.141. The van der Waals surface area contributed by atoms with Crippen molar-refractivity contribution in [3.05, 3.63) is 0 Å². The van der Waals surface area contributed by atoms with Crippen LogP contribution in [0.25, 0.3) is 0 Å². The Hall–Kier alpha value is -1.06. The van der Waals surface area contributed by atoms with Gasteiger partial charge in [0.15, 0.2) is 0 Å². The average Bonchev–Trinajstić information content (AvgIpc) is 2.64. The summed E-state index contributed by atoms with van der Waals surface area (Å²) in [5.41, 5.74) is 0. The van der Waals surface area contributed by atoms with Gasteiger partial charge in [-0.15, -0.1) is 0 Å². The van der Waals surface area contributed by atoms with Crippen LogP contribution in [0.15, 0.2) is 0 Å². The topological polar surface area (TPSA) is 49.4 Å². The number of carbonyl (C=O) groups excluding carboxylic acids is 2. The second kappa shape index (κ2) is 4.44. The number of rotatable bonds is 1. The number of piperidine rings is 1. The Bertz CT molecular complexity index is 293. The lowest BCUT2D eigenvalue weighted by Gasteiger charge is -2.40. The Balaban J connectivity index is 2.04. The molecule has 1 N–H and O–H groups in total. The lowest BCUT2D eigenvalue weighted by atomic mass is 9.95. The molecule has 2 saturated heterocycles. The first-order valence-electron chi connectivity index (χ1n) is 6.18. The van der Waals surface area contributed by atoms with E-state index < -0.39 is 0 Å². The van der Waals surface area contributed by atoms with Crippen LogP contribution in [-0.2, 0) is 9.59 Å². The minimum Gasteiger partial charge on any atom is -0.355 e. The molecule has 4 nitrogen and oxygen atoms in total. The third-order valence-corrected chi connectivity index (χ3v) is 3.77. The number of carbonyl (C=O) groups is 2. The van der Waals surface area contributed by atoms with Crippen molar-refractivity contribution in [2.24, 2.45) is 5.92 Å². The van der Waals surface area contributed by atoms with Crippen LogP contribution >= 0.6 is 0 Å². The number of likely N-dealkylation sites (tertiary alicyclic amines) is 1. The van der Waals surface area contributed by atoms with E-state index in [2.05, 4.69) is 19.2 Å². The van der Waals surface area contributed by atoms with Crippen molar-refractivity contribution in [1.29, 1.82) is 0 Å². The van der Waals surface area contributed by atoms with Crippen molar-refractivity contribution in [3.63, 3.8) is 0 Å². The highest BCUT2D eigenvalue weighted by Crippen LogP contribution is 2.25. The zero-order chi connectivity index (χ0) is 11.7. The predicted molar refractivity (Wildman–Crippen MR) is 60.7 cm³/mol. The Kier molecular flexibility index (Phi) is 3.17. The van der Waals surface area contributed by atoms with Crippen LogP contribution in [0.5, 0.6) is 0 Å². The van der Waals surface area contributed by atoms with Gasteiger partial charge in [0, 0.05) is 25.0 Å². The maximum atomic E-state index is 12.3. The second-order valence-electron chi connectivity index (χ2n) is 5.08. The molecule has 3 unspecified atom stereocenters. The van der Waals surface area contributed by atoms with E-state index in [0.717, 1.165) is 12.8 Å². The molecule has 0 aliphatic carbocycles. The van der Waals surface area contributed by atoms with Gasteiger partial charge in [-0.25, -0.2) is 0 Å². The van der Waals surface area contributed by atoms with Crippen LogP contribution in [0.4, 0.5) is 0 Å².